The molecule has 4 fully saturated rings. The predicted molar refractivity (Wildman–Crippen MR) is 123 cm³/mol. The molecule has 178 valence electrons. The molecule has 0 radical (unpaired) electrons. The molecule has 4 aliphatic rings. The number of aryl methyl sites for hydroxylation is 1. The standard InChI is InChI=1S/C26H42N4O2/c1-5-32-16-26-13-10-17(2)14-19(26)6-7-20-21-8-9-23(25(21,4)12-11-22(20)26)24(31)15-30-28-18(3)27-29-30/h17,19-23H,5-16H2,1-4H3. The normalized spacial score (nSPS) is 43.4. The quantitative estimate of drug-likeness (QED) is 0.629. The fourth-order valence-corrected chi connectivity index (χ4v) is 9.01. The number of nitrogens with zero attached hydrogens (tertiary/aromatic N) is 4. The van der Waals surface area contributed by atoms with Crippen LogP contribution < -0.4 is 0 Å². The van der Waals surface area contributed by atoms with Gasteiger partial charge in [-0.3, -0.25) is 4.79 Å². The first-order valence-electron chi connectivity index (χ1n) is 13.2. The van der Waals surface area contributed by atoms with Crippen molar-refractivity contribution in [2.24, 2.45) is 46.3 Å². The third-order valence-corrected chi connectivity index (χ3v) is 10.4. The number of hydrogen-bond donors (Lipinski definition) is 0. The summed E-state index contributed by atoms with van der Waals surface area (Å²) < 4.78 is 6.20. The fraction of sp³-hybridized carbons (Fsp3) is 0.923. The Hall–Kier alpha value is -1.30. The van der Waals surface area contributed by atoms with Crippen LogP contribution in [0.1, 0.15) is 84.4 Å². The average Bonchev–Trinajstić information content (AvgIpc) is 3.34. The van der Waals surface area contributed by atoms with E-state index >= 15 is 0 Å². The van der Waals surface area contributed by atoms with Gasteiger partial charge < -0.3 is 4.74 Å². The summed E-state index contributed by atoms with van der Waals surface area (Å²) in [5.41, 5.74) is 0.520. The van der Waals surface area contributed by atoms with Gasteiger partial charge in [-0.25, -0.2) is 0 Å². The second-order valence-electron chi connectivity index (χ2n) is 11.9. The van der Waals surface area contributed by atoms with Crippen molar-refractivity contribution in [1.29, 1.82) is 0 Å². The van der Waals surface area contributed by atoms with Crippen LogP contribution in [0.2, 0.25) is 0 Å². The van der Waals surface area contributed by atoms with Crippen molar-refractivity contribution in [3.63, 3.8) is 0 Å². The Labute approximate surface area is 193 Å². The Morgan fingerprint density at radius 3 is 2.72 bits per heavy atom. The molecule has 5 rings (SSSR count). The van der Waals surface area contributed by atoms with Gasteiger partial charge in [0.25, 0.3) is 0 Å². The van der Waals surface area contributed by atoms with Gasteiger partial charge in [0.1, 0.15) is 6.54 Å². The third-order valence-electron chi connectivity index (χ3n) is 10.4. The van der Waals surface area contributed by atoms with E-state index in [1.807, 2.05) is 6.92 Å². The van der Waals surface area contributed by atoms with Gasteiger partial charge in [0.05, 0.1) is 6.61 Å². The molecule has 8 atom stereocenters. The van der Waals surface area contributed by atoms with Crippen LogP contribution in [0.25, 0.3) is 0 Å². The molecule has 0 N–H and O–H groups in total. The average molecular weight is 443 g/mol. The summed E-state index contributed by atoms with van der Waals surface area (Å²) >= 11 is 0. The number of aromatic nitrogens is 4. The van der Waals surface area contributed by atoms with E-state index in [1.54, 1.807) is 0 Å². The highest BCUT2D eigenvalue weighted by molar-refractivity contribution is 5.81. The number of carbonyl (C=O) groups excluding carboxylic acids is 1. The van der Waals surface area contributed by atoms with Crippen molar-refractivity contribution < 1.29 is 9.53 Å². The molecule has 4 aliphatic carbocycles. The van der Waals surface area contributed by atoms with Crippen LogP contribution in [0, 0.1) is 53.3 Å². The minimum atomic E-state index is 0.134. The van der Waals surface area contributed by atoms with Crippen LogP contribution in [-0.4, -0.2) is 39.2 Å². The molecule has 0 amide bonds. The maximum atomic E-state index is 13.4. The number of ketones is 1. The summed E-state index contributed by atoms with van der Waals surface area (Å²) in [4.78, 5) is 14.9. The summed E-state index contributed by atoms with van der Waals surface area (Å²) in [5.74, 6) is 5.02. The lowest BCUT2D eigenvalue weighted by Gasteiger charge is -2.62. The van der Waals surface area contributed by atoms with Gasteiger partial charge in [0.15, 0.2) is 11.6 Å². The van der Waals surface area contributed by atoms with E-state index in [-0.39, 0.29) is 17.9 Å². The van der Waals surface area contributed by atoms with Crippen LogP contribution >= 0.6 is 0 Å². The summed E-state index contributed by atoms with van der Waals surface area (Å²) in [7, 11) is 0. The first-order valence-corrected chi connectivity index (χ1v) is 13.2. The van der Waals surface area contributed by atoms with E-state index in [4.69, 9.17) is 4.74 Å². The van der Waals surface area contributed by atoms with Crippen molar-refractivity contribution >= 4 is 5.78 Å². The molecule has 1 aromatic heterocycles. The SMILES string of the molecule is CCOCC12CCC(C)CC1CCC1C3CCC(C(=O)Cn4nnc(C)n4)C3(C)CCC12. The minimum Gasteiger partial charge on any atom is -0.381 e. The van der Waals surface area contributed by atoms with Crippen LogP contribution in [0.4, 0.5) is 0 Å². The highest BCUT2D eigenvalue weighted by atomic mass is 16.5. The Morgan fingerprint density at radius 2 is 1.97 bits per heavy atom. The van der Waals surface area contributed by atoms with Crippen LogP contribution in [-0.2, 0) is 16.1 Å². The number of Topliss-reactive ketones (excluding diaryl/α,β-unsaturated/α-hetero) is 1. The predicted octanol–water partition coefficient (Wildman–Crippen LogP) is 4.86. The van der Waals surface area contributed by atoms with Crippen LogP contribution in [0.15, 0.2) is 0 Å². The maximum absolute atomic E-state index is 13.4. The Kier molecular flexibility index (Phi) is 5.96. The van der Waals surface area contributed by atoms with Gasteiger partial charge in [-0.05, 0) is 111 Å². The molecule has 6 heteroatoms. The minimum absolute atomic E-state index is 0.134. The lowest BCUT2D eigenvalue weighted by atomic mass is 9.44. The molecular weight excluding hydrogens is 400 g/mol. The largest absolute Gasteiger partial charge is 0.381 e. The van der Waals surface area contributed by atoms with Crippen molar-refractivity contribution in [3.05, 3.63) is 5.82 Å². The molecule has 0 bridgehead atoms. The van der Waals surface area contributed by atoms with Crippen molar-refractivity contribution in [1.82, 2.24) is 20.2 Å². The van der Waals surface area contributed by atoms with E-state index < -0.39 is 0 Å². The zero-order valence-corrected chi connectivity index (χ0v) is 20.6. The lowest BCUT2D eigenvalue weighted by Crippen LogP contribution is -2.56. The van der Waals surface area contributed by atoms with Crippen molar-refractivity contribution in [2.75, 3.05) is 13.2 Å². The number of carbonyl (C=O) groups is 1. The molecule has 6 nitrogen and oxygen atoms in total. The zero-order valence-electron chi connectivity index (χ0n) is 20.6. The zero-order chi connectivity index (χ0) is 22.5. The molecule has 32 heavy (non-hydrogen) atoms. The van der Waals surface area contributed by atoms with Gasteiger partial charge in [-0.15, -0.1) is 10.2 Å². The number of hydrogen-bond acceptors (Lipinski definition) is 5. The highest BCUT2D eigenvalue weighted by Gasteiger charge is 2.62. The molecule has 0 spiro atoms. The Bertz CT molecular complexity index is 836. The molecular formula is C26H42N4O2. The summed E-state index contributed by atoms with van der Waals surface area (Å²) in [6.07, 6.45) is 11.6. The summed E-state index contributed by atoms with van der Waals surface area (Å²) in [6, 6.07) is 0. The molecule has 1 aromatic rings. The Balaban J connectivity index is 1.37. The fourth-order valence-electron chi connectivity index (χ4n) is 9.01. The Morgan fingerprint density at radius 1 is 1.12 bits per heavy atom. The van der Waals surface area contributed by atoms with Gasteiger partial charge >= 0.3 is 0 Å². The maximum Gasteiger partial charge on any atom is 0.171 e. The van der Waals surface area contributed by atoms with Crippen LogP contribution in [0.5, 0.6) is 0 Å². The van der Waals surface area contributed by atoms with Crippen molar-refractivity contribution in [3.8, 4) is 0 Å². The first-order chi connectivity index (χ1) is 15.4. The summed E-state index contributed by atoms with van der Waals surface area (Å²) in [5, 5.41) is 12.3. The topological polar surface area (TPSA) is 69.9 Å². The van der Waals surface area contributed by atoms with E-state index in [1.165, 1.54) is 56.2 Å². The highest BCUT2D eigenvalue weighted by Crippen LogP contribution is 2.68. The van der Waals surface area contributed by atoms with E-state index in [9.17, 15) is 4.79 Å². The van der Waals surface area contributed by atoms with Gasteiger partial charge in [-0.2, -0.15) is 4.80 Å². The molecule has 8 unspecified atom stereocenters. The monoisotopic (exact) mass is 442 g/mol. The molecule has 0 saturated heterocycles. The third kappa shape index (κ3) is 3.56. The smallest absolute Gasteiger partial charge is 0.171 e. The van der Waals surface area contributed by atoms with Gasteiger partial charge in [0.2, 0.25) is 0 Å². The van der Waals surface area contributed by atoms with E-state index in [2.05, 4.69) is 36.2 Å². The van der Waals surface area contributed by atoms with Gasteiger partial charge in [-0.1, -0.05) is 20.3 Å². The van der Waals surface area contributed by atoms with E-state index in [0.29, 0.717) is 22.9 Å². The molecule has 0 aromatic carbocycles. The molecule has 4 saturated carbocycles. The number of ether oxygens (including phenoxy) is 1. The number of fused-ring (bicyclic) bond motifs is 5. The molecule has 1 heterocycles. The van der Waals surface area contributed by atoms with Crippen LogP contribution in [0.3, 0.4) is 0 Å². The van der Waals surface area contributed by atoms with E-state index in [0.717, 1.165) is 43.3 Å². The summed E-state index contributed by atoms with van der Waals surface area (Å²) in [6.45, 7) is 10.9. The lowest BCUT2D eigenvalue weighted by molar-refractivity contribution is -0.158. The second kappa shape index (κ2) is 8.48. The van der Waals surface area contributed by atoms with Crippen molar-refractivity contribution in [2.45, 2.75) is 92.0 Å². The van der Waals surface area contributed by atoms with Gasteiger partial charge in [0, 0.05) is 12.5 Å². The first kappa shape index (κ1) is 22.5. The number of tetrazole rings is 1. The number of rotatable bonds is 6. The second-order valence-corrected chi connectivity index (χ2v) is 11.9. The molecule has 0 aliphatic heterocycles.